The van der Waals surface area contributed by atoms with E-state index in [1.54, 1.807) is 11.3 Å². The van der Waals surface area contributed by atoms with Crippen molar-refractivity contribution in [3.63, 3.8) is 0 Å². The van der Waals surface area contributed by atoms with Crippen molar-refractivity contribution in [2.45, 2.75) is 19.9 Å². The number of hydrogen-bond donors (Lipinski definition) is 1. The van der Waals surface area contributed by atoms with Gasteiger partial charge in [0.1, 0.15) is 0 Å². The molecule has 2 heterocycles. The molecule has 6 heteroatoms. The fraction of sp³-hybridized carbons (Fsp3) is 0.214. The van der Waals surface area contributed by atoms with Gasteiger partial charge >= 0.3 is 0 Å². The number of thiazole rings is 1. The number of nitrogens with zero attached hydrogens (tertiary/aromatic N) is 3. The maximum Gasteiger partial charge on any atom is 0.172 e. The first-order valence-corrected chi connectivity index (χ1v) is 7.50. The summed E-state index contributed by atoms with van der Waals surface area (Å²) in [4.78, 5) is 13.3. The second-order valence-corrected chi connectivity index (χ2v) is 5.93. The van der Waals surface area contributed by atoms with Crippen LogP contribution in [0.15, 0.2) is 29.6 Å². The van der Waals surface area contributed by atoms with Gasteiger partial charge in [-0.15, -0.1) is 11.3 Å². The van der Waals surface area contributed by atoms with Crippen LogP contribution in [0.3, 0.4) is 0 Å². The molecule has 2 aromatic heterocycles. The standard InChI is InChI=1S/C14H13ClN4S/c1-8(12-7-20-9(2)17-12)16-14-13(15)18-10-5-3-4-6-11(10)19-14/h3-8H,1-2H3,(H,16,19). The molecule has 0 spiro atoms. The first-order valence-electron chi connectivity index (χ1n) is 6.24. The molecule has 1 N–H and O–H groups in total. The van der Waals surface area contributed by atoms with Crippen molar-refractivity contribution in [1.82, 2.24) is 15.0 Å². The molecule has 1 atom stereocenters. The summed E-state index contributed by atoms with van der Waals surface area (Å²) in [6, 6.07) is 7.70. The highest BCUT2D eigenvalue weighted by Gasteiger charge is 2.13. The zero-order valence-corrected chi connectivity index (χ0v) is 12.7. The Labute approximate surface area is 125 Å². The quantitative estimate of drug-likeness (QED) is 0.787. The minimum Gasteiger partial charge on any atom is -0.359 e. The second-order valence-electron chi connectivity index (χ2n) is 4.51. The zero-order valence-electron chi connectivity index (χ0n) is 11.1. The van der Waals surface area contributed by atoms with Crippen molar-refractivity contribution in [2.24, 2.45) is 0 Å². The van der Waals surface area contributed by atoms with Gasteiger partial charge in [0.25, 0.3) is 0 Å². The van der Waals surface area contributed by atoms with Crippen LogP contribution in [0.4, 0.5) is 5.82 Å². The van der Waals surface area contributed by atoms with E-state index in [1.807, 2.05) is 43.5 Å². The first-order chi connectivity index (χ1) is 9.63. The lowest BCUT2D eigenvalue weighted by molar-refractivity contribution is 0.837. The van der Waals surface area contributed by atoms with Crippen LogP contribution in [0, 0.1) is 6.92 Å². The average Bonchev–Trinajstić information content (AvgIpc) is 2.86. The molecule has 0 bridgehead atoms. The smallest absolute Gasteiger partial charge is 0.172 e. The maximum absolute atomic E-state index is 6.19. The molecule has 0 aliphatic heterocycles. The molecule has 1 aromatic carbocycles. The van der Waals surface area contributed by atoms with Crippen molar-refractivity contribution < 1.29 is 0 Å². The SMILES string of the molecule is Cc1nc(C(C)Nc2nc3ccccc3nc2Cl)cs1. The topological polar surface area (TPSA) is 50.7 Å². The number of fused-ring (bicyclic) bond motifs is 1. The molecule has 0 aliphatic carbocycles. The Morgan fingerprint density at radius 3 is 2.50 bits per heavy atom. The van der Waals surface area contributed by atoms with Gasteiger partial charge in [-0.05, 0) is 26.0 Å². The van der Waals surface area contributed by atoms with Gasteiger partial charge in [-0.3, -0.25) is 0 Å². The van der Waals surface area contributed by atoms with Crippen LogP contribution in [0.25, 0.3) is 11.0 Å². The predicted molar refractivity (Wildman–Crippen MR) is 83.4 cm³/mol. The molecule has 0 saturated heterocycles. The molecular formula is C14H13ClN4S. The molecule has 4 nitrogen and oxygen atoms in total. The number of benzene rings is 1. The molecule has 1 unspecified atom stereocenters. The molecular weight excluding hydrogens is 292 g/mol. The lowest BCUT2D eigenvalue weighted by Crippen LogP contribution is -2.09. The van der Waals surface area contributed by atoms with Gasteiger partial charge in [0.15, 0.2) is 11.0 Å². The second kappa shape index (κ2) is 5.34. The number of aryl methyl sites for hydroxylation is 1. The van der Waals surface area contributed by atoms with Crippen LogP contribution in [0.1, 0.15) is 23.7 Å². The van der Waals surface area contributed by atoms with E-state index in [4.69, 9.17) is 11.6 Å². The Bertz CT molecular complexity index is 756. The summed E-state index contributed by atoms with van der Waals surface area (Å²) in [5.41, 5.74) is 2.60. The van der Waals surface area contributed by atoms with Gasteiger partial charge in [-0.1, -0.05) is 23.7 Å². The van der Waals surface area contributed by atoms with E-state index in [1.165, 1.54) is 0 Å². The van der Waals surface area contributed by atoms with Crippen LogP contribution < -0.4 is 5.32 Å². The number of para-hydroxylation sites is 2. The zero-order chi connectivity index (χ0) is 14.1. The number of rotatable bonds is 3. The van der Waals surface area contributed by atoms with Gasteiger partial charge < -0.3 is 5.32 Å². The van der Waals surface area contributed by atoms with Crippen LogP contribution in [0.2, 0.25) is 5.15 Å². The largest absolute Gasteiger partial charge is 0.359 e. The van der Waals surface area contributed by atoms with Crippen LogP contribution >= 0.6 is 22.9 Å². The van der Waals surface area contributed by atoms with E-state index >= 15 is 0 Å². The van der Waals surface area contributed by atoms with E-state index < -0.39 is 0 Å². The van der Waals surface area contributed by atoms with E-state index in [9.17, 15) is 0 Å². The monoisotopic (exact) mass is 304 g/mol. The first kappa shape index (κ1) is 13.3. The fourth-order valence-electron chi connectivity index (χ4n) is 1.93. The van der Waals surface area contributed by atoms with E-state index in [-0.39, 0.29) is 6.04 Å². The van der Waals surface area contributed by atoms with Crippen molar-refractivity contribution in [3.05, 3.63) is 45.5 Å². The van der Waals surface area contributed by atoms with Gasteiger partial charge in [-0.2, -0.15) is 0 Å². The lowest BCUT2D eigenvalue weighted by Gasteiger charge is -2.13. The van der Waals surface area contributed by atoms with Gasteiger partial charge in [0.05, 0.1) is 27.8 Å². The molecule has 20 heavy (non-hydrogen) atoms. The summed E-state index contributed by atoms with van der Waals surface area (Å²) in [5.74, 6) is 0.587. The normalized spacial score (nSPS) is 12.6. The number of anilines is 1. The highest BCUT2D eigenvalue weighted by molar-refractivity contribution is 7.09. The summed E-state index contributed by atoms with van der Waals surface area (Å²) < 4.78 is 0. The van der Waals surface area contributed by atoms with E-state index in [0.717, 1.165) is 21.7 Å². The minimum absolute atomic E-state index is 0.0351. The molecule has 0 aliphatic rings. The average molecular weight is 305 g/mol. The fourth-order valence-corrected chi connectivity index (χ4v) is 2.82. The number of aromatic nitrogens is 3. The lowest BCUT2D eigenvalue weighted by atomic mass is 10.2. The Balaban J connectivity index is 1.92. The summed E-state index contributed by atoms with van der Waals surface area (Å²) in [7, 11) is 0. The van der Waals surface area contributed by atoms with Crippen molar-refractivity contribution >= 4 is 39.8 Å². The summed E-state index contributed by atoms with van der Waals surface area (Å²) in [5, 5.41) is 6.73. The molecule has 0 fully saturated rings. The van der Waals surface area contributed by atoms with Crippen LogP contribution in [-0.4, -0.2) is 15.0 Å². The van der Waals surface area contributed by atoms with Crippen molar-refractivity contribution in [2.75, 3.05) is 5.32 Å². The number of nitrogens with one attached hydrogen (secondary N) is 1. The van der Waals surface area contributed by atoms with Crippen molar-refractivity contribution in [3.8, 4) is 0 Å². The Morgan fingerprint density at radius 2 is 1.85 bits per heavy atom. The van der Waals surface area contributed by atoms with Gasteiger partial charge in [0, 0.05) is 5.38 Å². The Morgan fingerprint density at radius 1 is 1.15 bits per heavy atom. The number of halogens is 1. The molecule has 3 aromatic rings. The molecule has 3 rings (SSSR count). The third-order valence-corrected chi connectivity index (χ3v) is 4.02. The van der Waals surface area contributed by atoms with Gasteiger partial charge in [0.2, 0.25) is 0 Å². The van der Waals surface area contributed by atoms with E-state index in [2.05, 4.69) is 20.3 Å². The van der Waals surface area contributed by atoms with Crippen molar-refractivity contribution in [1.29, 1.82) is 0 Å². The minimum atomic E-state index is 0.0351. The molecule has 0 saturated carbocycles. The summed E-state index contributed by atoms with van der Waals surface area (Å²) in [6.07, 6.45) is 0. The summed E-state index contributed by atoms with van der Waals surface area (Å²) in [6.45, 7) is 4.02. The maximum atomic E-state index is 6.19. The predicted octanol–water partition coefficient (Wildman–Crippen LogP) is 4.22. The molecule has 0 amide bonds. The highest BCUT2D eigenvalue weighted by Crippen LogP contribution is 2.25. The Hall–Kier alpha value is -1.72. The van der Waals surface area contributed by atoms with Crippen LogP contribution in [0.5, 0.6) is 0 Å². The summed E-state index contributed by atoms with van der Waals surface area (Å²) >= 11 is 7.82. The highest BCUT2D eigenvalue weighted by atomic mass is 35.5. The van der Waals surface area contributed by atoms with E-state index in [0.29, 0.717) is 11.0 Å². The Kier molecular flexibility index (Phi) is 3.54. The third-order valence-electron chi connectivity index (χ3n) is 2.96. The molecule has 0 radical (unpaired) electrons. The number of hydrogen-bond acceptors (Lipinski definition) is 5. The third kappa shape index (κ3) is 2.59. The van der Waals surface area contributed by atoms with Crippen LogP contribution in [-0.2, 0) is 0 Å². The van der Waals surface area contributed by atoms with Gasteiger partial charge in [-0.25, -0.2) is 15.0 Å². The molecule has 102 valence electrons.